The van der Waals surface area contributed by atoms with E-state index in [2.05, 4.69) is 46.6 Å². The zero-order valence-electron chi connectivity index (χ0n) is 35.0. The number of hydrogen-bond donors (Lipinski definition) is 4. The van der Waals surface area contributed by atoms with Crippen LogP contribution in [0.3, 0.4) is 0 Å². The summed E-state index contributed by atoms with van der Waals surface area (Å²) in [7, 11) is 0. The van der Waals surface area contributed by atoms with Crippen LogP contribution in [0, 0.1) is 0 Å². The zero-order chi connectivity index (χ0) is 42.7. The molecule has 4 aromatic rings. The molecule has 18 nitrogen and oxygen atoms in total. The summed E-state index contributed by atoms with van der Waals surface area (Å²) >= 11 is 0. The number of anilines is 2. The highest BCUT2D eigenvalue weighted by Gasteiger charge is 2.39. The Labute approximate surface area is 359 Å². The molecule has 7 heterocycles. The monoisotopic (exact) mass is 843 g/mol. The van der Waals surface area contributed by atoms with E-state index in [-0.39, 0.29) is 36.2 Å². The lowest BCUT2D eigenvalue weighted by Gasteiger charge is -2.36. The molecular formula is C44H53N13O5. The Bertz CT molecular complexity index is 2440. The second-order valence-electron chi connectivity index (χ2n) is 17.0. The molecule has 3 aromatic heterocycles. The maximum Gasteiger partial charge on any atom is 0.323 e. The summed E-state index contributed by atoms with van der Waals surface area (Å²) in [6.45, 7) is 5.76. The Balaban J connectivity index is 0.671. The van der Waals surface area contributed by atoms with Gasteiger partial charge in [0.1, 0.15) is 11.7 Å². The maximum atomic E-state index is 13.2. The molecule has 1 saturated carbocycles. The molecule has 18 heteroatoms. The number of benzene rings is 1. The van der Waals surface area contributed by atoms with Gasteiger partial charge in [0.25, 0.3) is 5.91 Å². The molecule has 5 aliphatic rings. The van der Waals surface area contributed by atoms with Crippen molar-refractivity contribution >= 4 is 46.7 Å². The molecule has 324 valence electrons. The SMILES string of the molecule is CC1=CC(NC(=O)Nc2cnc3ccnn3c2C2CCCC2)=CNC1c1cn(CCCCCCC(=O)N2CCN(c3ccc4c(c3)CN(C3CCC(=O)NC3=O)C4=O)CC2)nn1. The summed E-state index contributed by atoms with van der Waals surface area (Å²) in [6.07, 6.45) is 18.4. The highest BCUT2D eigenvalue weighted by molar-refractivity contribution is 6.05. The van der Waals surface area contributed by atoms with Crippen LogP contribution in [0.1, 0.15) is 117 Å². The van der Waals surface area contributed by atoms with Crippen molar-refractivity contribution in [3.8, 4) is 0 Å². The van der Waals surface area contributed by atoms with Gasteiger partial charge < -0.3 is 30.7 Å². The molecule has 0 bridgehead atoms. The molecule has 2 saturated heterocycles. The molecule has 3 fully saturated rings. The summed E-state index contributed by atoms with van der Waals surface area (Å²) in [4.78, 5) is 73.6. The van der Waals surface area contributed by atoms with Gasteiger partial charge in [-0.25, -0.2) is 14.3 Å². The zero-order valence-corrected chi connectivity index (χ0v) is 35.0. The van der Waals surface area contributed by atoms with Gasteiger partial charge in [-0.15, -0.1) is 5.10 Å². The van der Waals surface area contributed by atoms with Crippen molar-refractivity contribution in [2.24, 2.45) is 0 Å². The predicted octanol–water partition coefficient (Wildman–Crippen LogP) is 4.29. The third-order valence-corrected chi connectivity index (χ3v) is 12.8. The Morgan fingerprint density at radius 3 is 2.58 bits per heavy atom. The fraction of sp³-hybridized carbons (Fsp3) is 0.477. The first-order chi connectivity index (χ1) is 30.2. The van der Waals surface area contributed by atoms with Gasteiger partial charge in [0.15, 0.2) is 5.65 Å². The van der Waals surface area contributed by atoms with Crippen LogP contribution in [-0.4, -0.2) is 101 Å². The van der Waals surface area contributed by atoms with Crippen LogP contribution in [0.2, 0.25) is 0 Å². The van der Waals surface area contributed by atoms with Crippen LogP contribution < -0.4 is 26.2 Å². The molecule has 4 N–H and O–H groups in total. The number of aryl methyl sites for hydroxylation is 1. The fourth-order valence-electron chi connectivity index (χ4n) is 9.52. The summed E-state index contributed by atoms with van der Waals surface area (Å²) < 4.78 is 3.70. The summed E-state index contributed by atoms with van der Waals surface area (Å²) in [5.41, 5.74) is 7.34. The van der Waals surface area contributed by atoms with E-state index in [4.69, 9.17) is 0 Å². The Kier molecular flexibility index (Phi) is 11.7. The van der Waals surface area contributed by atoms with Gasteiger partial charge in [0.05, 0.1) is 41.7 Å². The summed E-state index contributed by atoms with van der Waals surface area (Å²) in [5, 5.41) is 25.0. The van der Waals surface area contributed by atoms with Crippen molar-refractivity contribution in [1.29, 1.82) is 0 Å². The van der Waals surface area contributed by atoms with Crippen molar-refractivity contribution in [2.45, 2.75) is 109 Å². The van der Waals surface area contributed by atoms with Gasteiger partial charge in [0.2, 0.25) is 17.7 Å². The molecule has 1 aliphatic carbocycles. The predicted molar refractivity (Wildman–Crippen MR) is 228 cm³/mol. The van der Waals surface area contributed by atoms with E-state index in [1.165, 1.54) is 0 Å². The van der Waals surface area contributed by atoms with Gasteiger partial charge in [-0.3, -0.25) is 29.2 Å². The number of unbranched alkanes of at least 4 members (excludes halogenated alkanes) is 3. The van der Waals surface area contributed by atoms with Crippen molar-refractivity contribution in [3.63, 3.8) is 0 Å². The van der Waals surface area contributed by atoms with Crippen LogP contribution in [0.4, 0.5) is 16.2 Å². The first-order valence-corrected chi connectivity index (χ1v) is 21.9. The smallest absolute Gasteiger partial charge is 0.323 e. The summed E-state index contributed by atoms with van der Waals surface area (Å²) in [6, 6.07) is 6.51. The molecule has 2 atom stereocenters. The van der Waals surface area contributed by atoms with E-state index < -0.39 is 11.9 Å². The lowest BCUT2D eigenvalue weighted by atomic mass is 10.0. The molecule has 0 radical (unpaired) electrons. The number of piperazine rings is 1. The second-order valence-corrected chi connectivity index (χ2v) is 17.0. The number of aromatic nitrogens is 6. The number of allylic oxidation sites excluding steroid dienone is 1. The first kappa shape index (κ1) is 40.8. The van der Waals surface area contributed by atoms with E-state index in [1.807, 2.05) is 57.6 Å². The molecular weight excluding hydrogens is 791 g/mol. The minimum atomic E-state index is -0.634. The third-order valence-electron chi connectivity index (χ3n) is 12.8. The van der Waals surface area contributed by atoms with E-state index in [0.29, 0.717) is 68.4 Å². The number of carbonyl (C=O) groups is 5. The largest absolute Gasteiger partial charge is 0.377 e. The number of carbonyl (C=O) groups excluding carboxylic acids is 5. The van der Waals surface area contributed by atoms with Crippen LogP contribution in [0.25, 0.3) is 5.65 Å². The van der Waals surface area contributed by atoms with Gasteiger partial charge >= 0.3 is 6.03 Å². The van der Waals surface area contributed by atoms with E-state index in [9.17, 15) is 24.0 Å². The lowest BCUT2D eigenvalue weighted by molar-refractivity contribution is -0.137. The molecule has 2 unspecified atom stereocenters. The molecule has 6 amide bonds. The third kappa shape index (κ3) is 8.63. The van der Waals surface area contributed by atoms with Gasteiger partial charge in [0, 0.05) is 81.5 Å². The number of nitrogens with one attached hydrogen (secondary N) is 4. The number of rotatable bonds is 13. The minimum absolute atomic E-state index is 0.164. The maximum absolute atomic E-state index is 13.2. The van der Waals surface area contributed by atoms with Gasteiger partial charge in [-0.05, 0) is 74.4 Å². The Hall–Kier alpha value is -6.59. The first-order valence-electron chi connectivity index (χ1n) is 21.9. The van der Waals surface area contributed by atoms with Crippen molar-refractivity contribution in [3.05, 3.63) is 88.9 Å². The van der Waals surface area contributed by atoms with Crippen LogP contribution >= 0.6 is 0 Å². The second kappa shape index (κ2) is 17.8. The molecule has 4 aliphatic heterocycles. The van der Waals surface area contributed by atoms with Crippen LogP contribution in [0.15, 0.2) is 66.4 Å². The minimum Gasteiger partial charge on any atom is -0.377 e. The van der Waals surface area contributed by atoms with E-state index in [0.717, 1.165) is 91.8 Å². The van der Waals surface area contributed by atoms with Gasteiger partial charge in [-0.1, -0.05) is 30.9 Å². The quantitative estimate of drug-likeness (QED) is 0.110. The van der Waals surface area contributed by atoms with Crippen molar-refractivity contribution < 1.29 is 24.0 Å². The average Bonchev–Trinajstić information content (AvgIpc) is 4.11. The molecule has 0 spiro atoms. The number of amides is 6. The number of dihydropyridines is 1. The van der Waals surface area contributed by atoms with Gasteiger partial charge in [-0.2, -0.15) is 5.10 Å². The molecule has 9 rings (SSSR count). The standard InChI is InChI=1S/C44H53N13O5/c1-28-22-31(48-44(62)49-34-25-45-37-15-16-47-57(37)41(34)29-8-5-6-9-29)24-46-40(28)35-27-55(52-51-35)17-7-3-2-4-10-39(59)54-20-18-53(19-21-54)32-11-12-33-30(23-32)26-56(43(33)61)36-13-14-38(58)50-42(36)60/h11-12,15-16,22-25,27,29,36,40,46H,2-10,13-14,17-21,26H2,1H3,(H2,48,49,62)(H,50,58,60). The number of piperidine rings is 1. The number of imide groups is 1. The highest BCUT2D eigenvalue weighted by atomic mass is 16.2. The van der Waals surface area contributed by atoms with Crippen LogP contribution in [-0.2, 0) is 27.5 Å². The van der Waals surface area contributed by atoms with Crippen molar-refractivity contribution in [2.75, 3.05) is 36.4 Å². The number of hydrogen-bond acceptors (Lipinski definition) is 11. The summed E-state index contributed by atoms with van der Waals surface area (Å²) in [5.74, 6) is -0.386. The number of fused-ring (bicyclic) bond motifs is 2. The van der Waals surface area contributed by atoms with Crippen molar-refractivity contribution in [1.82, 2.24) is 55.3 Å². The van der Waals surface area contributed by atoms with Crippen LogP contribution in [0.5, 0.6) is 0 Å². The fourth-order valence-corrected chi connectivity index (χ4v) is 9.52. The number of urea groups is 1. The number of nitrogens with zero attached hydrogens (tertiary/aromatic N) is 9. The Morgan fingerprint density at radius 1 is 0.952 bits per heavy atom. The van der Waals surface area contributed by atoms with E-state index >= 15 is 0 Å². The normalized spacial score (nSPS) is 20.5. The van der Waals surface area contributed by atoms with E-state index in [1.54, 1.807) is 23.5 Å². The topological polar surface area (TPSA) is 204 Å². The highest BCUT2D eigenvalue weighted by Crippen LogP contribution is 2.38. The average molecular weight is 844 g/mol. The molecule has 1 aromatic carbocycles. The Morgan fingerprint density at radius 2 is 1.77 bits per heavy atom. The molecule has 62 heavy (non-hydrogen) atoms. The lowest BCUT2D eigenvalue weighted by Crippen LogP contribution is -2.52.